The Balaban J connectivity index is 2.69. The maximum absolute atomic E-state index is 6.17. The van der Waals surface area contributed by atoms with Crippen molar-refractivity contribution in [3.8, 4) is 5.75 Å². The molecule has 1 aromatic carbocycles. The number of hydrogen-bond acceptors (Lipinski definition) is 3. The van der Waals surface area contributed by atoms with Gasteiger partial charge in [-0.05, 0) is 24.4 Å². The molecule has 0 fully saturated rings. The van der Waals surface area contributed by atoms with Crippen LogP contribution < -0.4 is 10.5 Å². The van der Waals surface area contributed by atoms with Gasteiger partial charge in [-0.25, -0.2) is 0 Å². The van der Waals surface area contributed by atoms with Crippen molar-refractivity contribution in [2.45, 2.75) is 6.92 Å². The first-order valence-electron chi connectivity index (χ1n) is 4.32. The molecule has 0 bridgehead atoms. The summed E-state index contributed by atoms with van der Waals surface area (Å²) in [5.74, 6) is 0.597. The van der Waals surface area contributed by atoms with E-state index in [9.17, 15) is 0 Å². The topological polar surface area (TPSA) is 35.2 Å². The van der Waals surface area contributed by atoms with Gasteiger partial charge in [0, 0.05) is 10.1 Å². The standard InChI is InChI=1S/C10H10ClNOS/c1-2-13-10-7(12)5-8-6(9(10)11)3-4-14-8/h3-5H,2,12H2,1H3. The molecule has 0 amide bonds. The van der Waals surface area contributed by atoms with E-state index < -0.39 is 0 Å². The number of hydrogen-bond donors (Lipinski definition) is 1. The molecule has 2 rings (SSSR count). The molecule has 0 aliphatic carbocycles. The second-order valence-electron chi connectivity index (χ2n) is 2.87. The average Bonchev–Trinajstić information content (AvgIpc) is 2.60. The van der Waals surface area contributed by atoms with Crippen molar-refractivity contribution < 1.29 is 4.74 Å². The van der Waals surface area contributed by atoms with Crippen LogP contribution in [0.2, 0.25) is 5.02 Å². The van der Waals surface area contributed by atoms with Crippen LogP contribution in [-0.4, -0.2) is 6.61 Å². The van der Waals surface area contributed by atoms with Crippen LogP contribution in [0.4, 0.5) is 5.69 Å². The highest BCUT2D eigenvalue weighted by atomic mass is 35.5. The third-order valence-corrected chi connectivity index (χ3v) is 3.21. The van der Waals surface area contributed by atoms with E-state index in [1.165, 1.54) is 0 Å². The molecule has 74 valence electrons. The van der Waals surface area contributed by atoms with Crippen molar-refractivity contribution in [1.82, 2.24) is 0 Å². The predicted molar refractivity (Wildman–Crippen MR) is 62.4 cm³/mol. The predicted octanol–water partition coefficient (Wildman–Crippen LogP) is 3.54. The molecule has 14 heavy (non-hydrogen) atoms. The van der Waals surface area contributed by atoms with E-state index in [1.54, 1.807) is 11.3 Å². The Labute approximate surface area is 91.2 Å². The zero-order chi connectivity index (χ0) is 10.1. The number of ether oxygens (including phenoxy) is 1. The molecule has 1 aromatic heterocycles. The van der Waals surface area contributed by atoms with Gasteiger partial charge in [0.2, 0.25) is 0 Å². The molecule has 2 N–H and O–H groups in total. The summed E-state index contributed by atoms with van der Waals surface area (Å²) >= 11 is 7.79. The smallest absolute Gasteiger partial charge is 0.161 e. The summed E-state index contributed by atoms with van der Waals surface area (Å²) in [5.41, 5.74) is 6.43. The van der Waals surface area contributed by atoms with Crippen molar-refractivity contribution in [1.29, 1.82) is 0 Å². The Morgan fingerprint density at radius 2 is 2.36 bits per heavy atom. The normalized spacial score (nSPS) is 10.7. The van der Waals surface area contributed by atoms with E-state index in [2.05, 4.69) is 0 Å². The molecule has 1 heterocycles. The fraction of sp³-hybridized carbons (Fsp3) is 0.200. The highest BCUT2D eigenvalue weighted by Crippen LogP contribution is 2.40. The molecule has 0 spiro atoms. The molecule has 0 unspecified atom stereocenters. The average molecular weight is 228 g/mol. The number of rotatable bonds is 2. The fourth-order valence-corrected chi connectivity index (χ4v) is 2.59. The fourth-order valence-electron chi connectivity index (χ4n) is 1.36. The van der Waals surface area contributed by atoms with Gasteiger partial charge >= 0.3 is 0 Å². The number of thiophene rings is 1. The van der Waals surface area contributed by atoms with Crippen molar-refractivity contribution in [2.24, 2.45) is 0 Å². The molecule has 0 aliphatic heterocycles. The van der Waals surface area contributed by atoms with Crippen LogP contribution in [0.5, 0.6) is 5.75 Å². The van der Waals surface area contributed by atoms with Crippen LogP contribution >= 0.6 is 22.9 Å². The summed E-state index contributed by atoms with van der Waals surface area (Å²) in [6.45, 7) is 2.48. The lowest BCUT2D eigenvalue weighted by Crippen LogP contribution is -1.97. The third-order valence-electron chi connectivity index (χ3n) is 1.97. The summed E-state index contributed by atoms with van der Waals surface area (Å²) in [6, 6.07) is 3.88. The first kappa shape index (κ1) is 9.62. The Bertz CT molecular complexity index is 466. The summed E-state index contributed by atoms with van der Waals surface area (Å²) in [4.78, 5) is 0. The zero-order valence-electron chi connectivity index (χ0n) is 7.71. The van der Waals surface area contributed by atoms with Gasteiger partial charge in [-0.1, -0.05) is 11.6 Å². The minimum atomic E-state index is 0.569. The molecule has 2 aromatic rings. The largest absolute Gasteiger partial charge is 0.490 e. The molecule has 0 radical (unpaired) electrons. The Morgan fingerprint density at radius 1 is 1.57 bits per heavy atom. The highest BCUT2D eigenvalue weighted by molar-refractivity contribution is 7.17. The number of benzene rings is 1. The van der Waals surface area contributed by atoms with Gasteiger partial charge in [0.25, 0.3) is 0 Å². The SMILES string of the molecule is CCOc1c(N)cc2sccc2c1Cl. The molecular formula is C10H10ClNOS. The zero-order valence-corrected chi connectivity index (χ0v) is 9.28. The van der Waals surface area contributed by atoms with E-state index in [4.69, 9.17) is 22.1 Å². The minimum Gasteiger partial charge on any atom is -0.490 e. The number of halogens is 1. The maximum atomic E-state index is 6.17. The third kappa shape index (κ3) is 1.42. The Morgan fingerprint density at radius 3 is 3.07 bits per heavy atom. The van der Waals surface area contributed by atoms with Gasteiger partial charge in [-0.3, -0.25) is 0 Å². The van der Waals surface area contributed by atoms with Crippen LogP contribution in [0.25, 0.3) is 10.1 Å². The summed E-state index contributed by atoms with van der Waals surface area (Å²) in [5, 5.41) is 3.61. The van der Waals surface area contributed by atoms with Crippen LogP contribution in [0.15, 0.2) is 17.5 Å². The first-order valence-corrected chi connectivity index (χ1v) is 5.57. The van der Waals surface area contributed by atoms with Crippen molar-refractivity contribution in [3.05, 3.63) is 22.5 Å². The minimum absolute atomic E-state index is 0.569. The summed E-state index contributed by atoms with van der Waals surface area (Å²) < 4.78 is 6.49. The van der Waals surface area contributed by atoms with E-state index in [1.807, 2.05) is 24.4 Å². The monoisotopic (exact) mass is 227 g/mol. The number of fused-ring (bicyclic) bond motifs is 1. The van der Waals surface area contributed by atoms with Crippen LogP contribution in [0, 0.1) is 0 Å². The first-order chi connectivity index (χ1) is 6.74. The summed E-state index contributed by atoms with van der Waals surface area (Å²) in [6.07, 6.45) is 0. The Kier molecular flexibility index (Phi) is 2.52. The van der Waals surface area contributed by atoms with Crippen LogP contribution in [0.3, 0.4) is 0 Å². The van der Waals surface area contributed by atoms with Gasteiger partial charge in [-0.15, -0.1) is 11.3 Å². The number of nitrogens with two attached hydrogens (primary N) is 1. The summed E-state index contributed by atoms with van der Waals surface area (Å²) in [7, 11) is 0. The maximum Gasteiger partial charge on any atom is 0.161 e. The Hall–Kier alpha value is -0.930. The molecule has 0 aliphatic rings. The lowest BCUT2D eigenvalue weighted by Gasteiger charge is -2.09. The second-order valence-corrected chi connectivity index (χ2v) is 4.20. The molecular weight excluding hydrogens is 218 g/mol. The number of anilines is 1. The van der Waals surface area contributed by atoms with Gasteiger partial charge in [0.15, 0.2) is 5.75 Å². The molecule has 0 saturated carbocycles. The molecule has 2 nitrogen and oxygen atoms in total. The molecule has 4 heteroatoms. The van der Waals surface area contributed by atoms with Crippen molar-refractivity contribution in [2.75, 3.05) is 12.3 Å². The van der Waals surface area contributed by atoms with Crippen molar-refractivity contribution in [3.63, 3.8) is 0 Å². The second kappa shape index (κ2) is 3.67. The van der Waals surface area contributed by atoms with Crippen LogP contribution in [-0.2, 0) is 0 Å². The lowest BCUT2D eigenvalue weighted by molar-refractivity contribution is 0.343. The van der Waals surface area contributed by atoms with E-state index >= 15 is 0 Å². The van der Waals surface area contributed by atoms with E-state index in [-0.39, 0.29) is 0 Å². The number of nitrogen functional groups attached to an aromatic ring is 1. The van der Waals surface area contributed by atoms with Crippen LogP contribution in [0.1, 0.15) is 6.92 Å². The molecule has 0 saturated heterocycles. The van der Waals surface area contributed by atoms with Gasteiger partial charge < -0.3 is 10.5 Å². The highest BCUT2D eigenvalue weighted by Gasteiger charge is 2.11. The van der Waals surface area contributed by atoms with Gasteiger partial charge in [-0.2, -0.15) is 0 Å². The van der Waals surface area contributed by atoms with Crippen molar-refractivity contribution >= 4 is 38.7 Å². The molecule has 0 atom stereocenters. The van der Waals surface area contributed by atoms with E-state index in [0.29, 0.717) is 23.1 Å². The quantitative estimate of drug-likeness (QED) is 0.797. The van der Waals surface area contributed by atoms with Gasteiger partial charge in [0.05, 0.1) is 17.3 Å². The lowest BCUT2D eigenvalue weighted by atomic mass is 10.2. The van der Waals surface area contributed by atoms with E-state index in [0.717, 1.165) is 10.1 Å². The van der Waals surface area contributed by atoms with Gasteiger partial charge in [0.1, 0.15) is 0 Å².